The van der Waals surface area contributed by atoms with E-state index in [4.69, 9.17) is 0 Å². The number of anilines is 1. The van der Waals surface area contributed by atoms with Gasteiger partial charge >= 0.3 is 0 Å². The maximum absolute atomic E-state index is 12.5. The zero-order valence-electron chi connectivity index (χ0n) is 13.4. The summed E-state index contributed by atoms with van der Waals surface area (Å²) in [4.78, 5) is 17.8. The summed E-state index contributed by atoms with van der Waals surface area (Å²) in [6, 6.07) is 19.4. The number of thioether (sulfide) groups is 1. The number of rotatable bonds is 5. The first-order valence-electron chi connectivity index (χ1n) is 7.68. The fraction of sp³-hybridized carbons (Fsp3) is 0.100. The number of amides is 1. The lowest BCUT2D eigenvalue weighted by Crippen LogP contribution is -2.13. The van der Waals surface area contributed by atoms with E-state index in [0.29, 0.717) is 5.56 Å². The maximum Gasteiger partial charge on any atom is 0.255 e. The molecular formula is C20H18N2OS. The summed E-state index contributed by atoms with van der Waals surface area (Å²) in [7, 11) is 0. The van der Waals surface area contributed by atoms with Crippen LogP contribution in [0.25, 0.3) is 0 Å². The van der Waals surface area contributed by atoms with Crippen molar-refractivity contribution in [3.05, 3.63) is 89.7 Å². The number of aromatic nitrogens is 1. The zero-order chi connectivity index (χ0) is 16.8. The third kappa shape index (κ3) is 4.03. The number of pyridine rings is 1. The van der Waals surface area contributed by atoms with E-state index in [1.807, 2.05) is 73.1 Å². The Bertz CT molecular complexity index is 817. The number of carbonyl (C=O) groups excluding carboxylic acids is 1. The van der Waals surface area contributed by atoms with E-state index in [1.54, 1.807) is 18.0 Å². The van der Waals surface area contributed by atoms with Crippen LogP contribution in [0, 0.1) is 0 Å². The fourth-order valence-corrected chi connectivity index (χ4v) is 2.86. The molecule has 1 heterocycles. The Morgan fingerprint density at radius 3 is 2.54 bits per heavy atom. The summed E-state index contributed by atoms with van der Waals surface area (Å²) in [6.07, 6.45) is 6.36. The molecule has 1 aromatic heterocycles. The van der Waals surface area contributed by atoms with Gasteiger partial charge in [-0.1, -0.05) is 24.3 Å². The van der Waals surface area contributed by atoms with E-state index in [-0.39, 0.29) is 5.91 Å². The molecule has 3 aromatic rings. The topological polar surface area (TPSA) is 42.0 Å². The Labute approximate surface area is 146 Å². The Morgan fingerprint density at radius 1 is 1.04 bits per heavy atom. The number of nitrogens with zero attached hydrogens (tertiary/aromatic N) is 1. The van der Waals surface area contributed by atoms with Gasteiger partial charge in [-0.15, -0.1) is 11.8 Å². The van der Waals surface area contributed by atoms with E-state index in [2.05, 4.69) is 10.3 Å². The third-order valence-corrected chi connectivity index (χ3v) is 4.48. The highest BCUT2D eigenvalue weighted by Crippen LogP contribution is 2.20. The molecule has 0 unspecified atom stereocenters. The van der Waals surface area contributed by atoms with Crippen LogP contribution in [0.4, 0.5) is 5.69 Å². The zero-order valence-corrected chi connectivity index (χ0v) is 14.2. The minimum atomic E-state index is -0.0960. The molecule has 0 fully saturated rings. The first-order valence-corrected chi connectivity index (χ1v) is 8.91. The second-order valence-electron chi connectivity index (χ2n) is 5.38. The average Bonchev–Trinajstić information content (AvgIpc) is 2.64. The largest absolute Gasteiger partial charge is 0.322 e. The van der Waals surface area contributed by atoms with Crippen molar-refractivity contribution in [2.75, 3.05) is 11.6 Å². The van der Waals surface area contributed by atoms with Gasteiger partial charge in [0.05, 0.1) is 0 Å². The summed E-state index contributed by atoms with van der Waals surface area (Å²) in [5.41, 5.74) is 3.67. The molecule has 3 nitrogen and oxygen atoms in total. The van der Waals surface area contributed by atoms with Crippen molar-refractivity contribution in [1.82, 2.24) is 4.98 Å². The molecule has 1 amide bonds. The lowest BCUT2D eigenvalue weighted by molar-refractivity contribution is 0.102. The number of benzene rings is 2. The molecule has 120 valence electrons. The lowest BCUT2D eigenvalue weighted by Gasteiger charge is -2.11. The molecule has 24 heavy (non-hydrogen) atoms. The highest BCUT2D eigenvalue weighted by Gasteiger charge is 2.09. The Morgan fingerprint density at radius 2 is 1.83 bits per heavy atom. The molecule has 0 aliphatic rings. The first-order chi connectivity index (χ1) is 11.8. The summed E-state index contributed by atoms with van der Waals surface area (Å²) in [6.45, 7) is 0. The van der Waals surface area contributed by atoms with Gasteiger partial charge in [-0.25, -0.2) is 0 Å². The molecule has 0 aliphatic carbocycles. The molecule has 0 bridgehead atoms. The van der Waals surface area contributed by atoms with Crippen molar-refractivity contribution in [3.63, 3.8) is 0 Å². The highest BCUT2D eigenvalue weighted by molar-refractivity contribution is 7.98. The molecular weight excluding hydrogens is 316 g/mol. The van der Waals surface area contributed by atoms with Crippen LogP contribution in [0.15, 0.2) is 78.0 Å². The molecule has 3 rings (SSSR count). The average molecular weight is 334 g/mol. The second kappa shape index (κ2) is 7.79. The maximum atomic E-state index is 12.5. The van der Waals surface area contributed by atoms with Crippen molar-refractivity contribution in [2.24, 2.45) is 0 Å². The normalized spacial score (nSPS) is 10.4. The van der Waals surface area contributed by atoms with Crippen LogP contribution in [0.5, 0.6) is 0 Å². The van der Waals surface area contributed by atoms with E-state index >= 15 is 0 Å². The lowest BCUT2D eigenvalue weighted by atomic mass is 10.0. The Hall–Kier alpha value is -2.59. The van der Waals surface area contributed by atoms with Crippen molar-refractivity contribution in [1.29, 1.82) is 0 Å². The molecule has 0 saturated carbocycles. The monoisotopic (exact) mass is 334 g/mol. The van der Waals surface area contributed by atoms with Gasteiger partial charge in [-0.3, -0.25) is 9.78 Å². The van der Waals surface area contributed by atoms with Crippen LogP contribution in [0.1, 0.15) is 21.5 Å². The second-order valence-corrected chi connectivity index (χ2v) is 6.26. The summed E-state index contributed by atoms with van der Waals surface area (Å²) >= 11 is 1.66. The van der Waals surface area contributed by atoms with Crippen molar-refractivity contribution >= 4 is 23.4 Å². The van der Waals surface area contributed by atoms with E-state index in [1.165, 1.54) is 0 Å². The van der Waals surface area contributed by atoms with Crippen molar-refractivity contribution in [2.45, 2.75) is 11.3 Å². The molecule has 0 radical (unpaired) electrons. The van der Waals surface area contributed by atoms with Crippen LogP contribution < -0.4 is 5.32 Å². The summed E-state index contributed by atoms with van der Waals surface area (Å²) in [5.74, 6) is -0.0960. The van der Waals surface area contributed by atoms with Gasteiger partial charge in [0.1, 0.15) is 0 Å². The molecule has 2 aromatic carbocycles. The van der Waals surface area contributed by atoms with E-state index in [9.17, 15) is 4.79 Å². The number of nitrogens with one attached hydrogen (secondary N) is 1. The SMILES string of the molecule is CSc1ccc(C(=O)Nc2ccccc2Cc2cccnc2)cc1. The first kappa shape index (κ1) is 16.3. The van der Waals surface area contributed by atoms with E-state index < -0.39 is 0 Å². The molecule has 0 aliphatic heterocycles. The summed E-state index contributed by atoms with van der Waals surface area (Å²) in [5, 5.41) is 3.02. The summed E-state index contributed by atoms with van der Waals surface area (Å²) < 4.78 is 0. The van der Waals surface area contributed by atoms with Crippen LogP contribution in [-0.4, -0.2) is 17.1 Å². The minimum Gasteiger partial charge on any atom is -0.322 e. The van der Waals surface area contributed by atoms with Gasteiger partial charge < -0.3 is 5.32 Å². The minimum absolute atomic E-state index is 0.0960. The van der Waals surface area contributed by atoms with Crippen LogP contribution in [0.3, 0.4) is 0 Å². The smallest absolute Gasteiger partial charge is 0.255 e. The van der Waals surface area contributed by atoms with Crippen molar-refractivity contribution < 1.29 is 4.79 Å². The molecule has 0 spiro atoms. The van der Waals surface area contributed by atoms with Gasteiger partial charge in [0.15, 0.2) is 0 Å². The van der Waals surface area contributed by atoms with E-state index in [0.717, 1.165) is 28.1 Å². The van der Waals surface area contributed by atoms with Crippen LogP contribution >= 0.6 is 11.8 Å². The van der Waals surface area contributed by atoms with Gasteiger partial charge in [0.2, 0.25) is 0 Å². The van der Waals surface area contributed by atoms with Crippen LogP contribution in [-0.2, 0) is 6.42 Å². The molecule has 4 heteroatoms. The Kier molecular flexibility index (Phi) is 5.29. The number of hydrogen-bond donors (Lipinski definition) is 1. The quantitative estimate of drug-likeness (QED) is 0.691. The number of hydrogen-bond acceptors (Lipinski definition) is 3. The van der Waals surface area contributed by atoms with Crippen LogP contribution in [0.2, 0.25) is 0 Å². The van der Waals surface area contributed by atoms with Crippen molar-refractivity contribution in [3.8, 4) is 0 Å². The third-order valence-electron chi connectivity index (χ3n) is 3.74. The van der Waals surface area contributed by atoms with Gasteiger partial charge in [-0.05, 0) is 53.8 Å². The molecule has 1 N–H and O–H groups in total. The standard InChI is InChI=1S/C20H18N2OS/c1-24-18-10-8-16(9-11-18)20(23)22-19-7-3-2-6-17(19)13-15-5-4-12-21-14-15/h2-12,14H,13H2,1H3,(H,22,23). The molecule has 0 saturated heterocycles. The number of carbonyl (C=O) groups is 1. The predicted molar refractivity (Wildman–Crippen MR) is 99.7 cm³/mol. The Balaban J connectivity index is 1.78. The number of para-hydroxylation sites is 1. The fourth-order valence-electron chi connectivity index (χ4n) is 2.46. The predicted octanol–water partition coefficient (Wildman–Crippen LogP) is 4.65. The van der Waals surface area contributed by atoms with Gasteiger partial charge in [0, 0.05) is 35.0 Å². The highest BCUT2D eigenvalue weighted by atomic mass is 32.2. The van der Waals surface area contributed by atoms with Gasteiger partial charge in [-0.2, -0.15) is 0 Å². The molecule has 0 atom stereocenters. The van der Waals surface area contributed by atoms with Gasteiger partial charge in [0.25, 0.3) is 5.91 Å².